The Morgan fingerprint density at radius 2 is 1.36 bits per heavy atom. The molecule has 0 aliphatic carbocycles. The van der Waals surface area contributed by atoms with E-state index in [2.05, 4.69) is 15.9 Å². The molecule has 2 aromatic rings. The normalized spacial score (nSPS) is 12.5. The van der Waals surface area contributed by atoms with E-state index in [4.69, 9.17) is 0 Å². The molecule has 0 radical (unpaired) electrons. The van der Waals surface area contributed by atoms with E-state index < -0.39 is 23.5 Å². The van der Waals surface area contributed by atoms with Crippen molar-refractivity contribution in [2.24, 2.45) is 0 Å². The van der Waals surface area contributed by atoms with Gasteiger partial charge in [0.1, 0.15) is 0 Å². The van der Waals surface area contributed by atoms with Crippen LogP contribution >= 0.6 is 15.9 Å². The lowest BCUT2D eigenvalue weighted by Crippen LogP contribution is -2.12. The predicted molar refractivity (Wildman–Crippen MR) is 74.3 cm³/mol. The predicted octanol–water partition coefficient (Wildman–Crippen LogP) is 6.46. The third-order valence-corrected chi connectivity index (χ3v) is 3.62. The number of hydrogen-bond donors (Lipinski definition) is 0. The minimum Gasteiger partial charge on any atom is -0.166 e. The van der Waals surface area contributed by atoms with Crippen LogP contribution in [0.15, 0.2) is 40.9 Å². The number of halogens is 7. The highest BCUT2D eigenvalue weighted by atomic mass is 79.9. The summed E-state index contributed by atoms with van der Waals surface area (Å²) in [7, 11) is 0. The Bertz CT molecular complexity index is 700. The van der Waals surface area contributed by atoms with Crippen molar-refractivity contribution < 1.29 is 26.3 Å². The Hall–Kier alpha value is -1.50. The first-order valence-corrected chi connectivity index (χ1v) is 6.84. The SMILES string of the molecule is Cc1cc(Br)ccc1-c1ccc(C(F)(F)F)cc1C(F)(F)F. The minimum atomic E-state index is -4.88. The van der Waals surface area contributed by atoms with Crippen LogP contribution in [0.2, 0.25) is 0 Å². The molecule has 7 heteroatoms. The van der Waals surface area contributed by atoms with Crippen molar-refractivity contribution in [2.45, 2.75) is 19.3 Å². The molecular weight excluding hydrogens is 374 g/mol. The van der Waals surface area contributed by atoms with Crippen molar-refractivity contribution in [3.63, 3.8) is 0 Å². The molecule has 0 nitrogen and oxygen atoms in total. The lowest BCUT2D eigenvalue weighted by atomic mass is 9.94. The molecule has 0 unspecified atom stereocenters. The molecule has 0 fully saturated rings. The first-order valence-electron chi connectivity index (χ1n) is 6.05. The zero-order valence-electron chi connectivity index (χ0n) is 11.1. The van der Waals surface area contributed by atoms with Crippen molar-refractivity contribution in [1.82, 2.24) is 0 Å². The van der Waals surface area contributed by atoms with E-state index >= 15 is 0 Å². The van der Waals surface area contributed by atoms with Gasteiger partial charge in [-0.2, -0.15) is 26.3 Å². The first kappa shape index (κ1) is 16.9. The minimum absolute atomic E-state index is 0.150. The second-order valence-electron chi connectivity index (χ2n) is 4.72. The van der Waals surface area contributed by atoms with Crippen LogP contribution in [0.25, 0.3) is 11.1 Å². The number of hydrogen-bond acceptors (Lipinski definition) is 0. The fourth-order valence-corrected chi connectivity index (χ4v) is 2.59. The summed E-state index contributed by atoms with van der Waals surface area (Å²) in [6.07, 6.45) is -9.70. The molecule has 0 heterocycles. The summed E-state index contributed by atoms with van der Waals surface area (Å²) in [4.78, 5) is 0. The van der Waals surface area contributed by atoms with E-state index in [1.807, 2.05) is 0 Å². The van der Waals surface area contributed by atoms with Gasteiger partial charge in [-0.15, -0.1) is 0 Å². The standard InChI is InChI=1S/C15H9BrF6/c1-8-6-10(16)3-5-11(8)12-4-2-9(14(17,18)19)7-13(12)15(20,21)22/h2-7H,1H3. The smallest absolute Gasteiger partial charge is 0.166 e. The third-order valence-electron chi connectivity index (χ3n) is 3.13. The van der Waals surface area contributed by atoms with Crippen LogP contribution in [0.4, 0.5) is 26.3 Å². The van der Waals surface area contributed by atoms with Crippen LogP contribution < -0.4 is 0 Å². The molecule has 0 aromatic heterocycles. The van der Waals surface area contributed by atoms with Gasteiger partial charge in [-0.25, -0.2) is 0 Å². The van der Waals surface area contributed by atoms with Crippen molar-refractivity contribution in [1.29, 1.82) is 0 Å². The van der Waals surface area contributed by atoms with Gasteiger partial charge in [-0.05, 0) is 47.9 Å². The fraction of sp³-hybridized carbons (Fsp3) is 0.200. The molecule has 0 bridgehead atoms. The molecule has 118 valence electrons. The Morgan fingerprint density at radius 1 is 0.773 bits per heavy atom. The quantitative estimate of drug-likeness (QED) is 0.496. The summed E-state index contributed by atoms with van der Waals surface area (Å²) in [5.74, 6) is 0. The molecule has 0 saturated heterocycles. The van der Waals surface area contributed by atoms with Gasteiger partial charge in [0, 0.05) is 4.47 Å². The van der Waals surface area contributed by atoms with E-state index in [1.165, 1.54) is 6.07 Å². The third kappa shape index (κ3) is 3.45. The van der Waals surface area contributed by atoms with Gasteiger partial charge in [0.2, 0.25) is 0 Å². The van der Waals surface area contributed by atoms with E-state index in [0.29, 0.717) is 16.1 Å². The maximum Gasteiger partial charge on any atom is 0.417 e. The van der Waals surface area contributed by atoms with Crippen molar-refractivity contribution in [2.75, 3.05) is 0 Å². The highest BCUT2D eigenvalue weighted by Crippen LogP contribution is 2.41. The maximum atomic E-state index is 13.1. The average molecular weight is 383 g/mol. The Labute approximate surface area is 130 Å². The summed E-state index contributed by atoms with van der Waals surface area (Å²) in [6.45, 7) is 1.60. The number of rotatable bonds is 1. The van der Waals surface area contributed by atoms with Crippen molar-refractivity contribution in [3.05, 3.63) is 57.6 Å². The average Bonchev–Trinajstić information content (AvgIpc) is 2.36. The van der Waals surface area contributed by atoms with Gasteiger partial charge < -0.3 is 0 Å². The molecular formula is C15H9BrF6. The summed E-state index contributed by atoms with van der Waals surface area (Å²) in [5.41, 5.74) is -2.12. The lowest BCUT2D eigenvalue weighted by molar-refractivity contribution is -0.142. The van der Waals surface area contributed by atoms with Crippen LogP contribution in [0.5, 0.6) is 0 Å². The Morgan fingerprint density at radius 3 is 1.86 bits per heavy atom. The summed E-state index contributed by atoms with van der Waals surface area (Å²) in [5, 5.41) is 0. The number of benzene rings is 2. The molecule has 0 aliphatic heterocycles. The summed E-state index contributed by atoms with van der Waals surface area (Å²) < 4.78 is 78.0. The van der Waals surface area contributed by atoms with Gasteiger partial charge in [0.25, 0.3) is 0 Å². The Balaban J connectivity index is 2.71. The highest BCUT2D eigenvalue weighted by molar-refractivity contribution is 9.10. The summed E-state index contributed by atoms with van der Waals surface area (Å²) >= 11 is 3.19. The number of alkyl halides is 6. The highest BCUT2D eigenvalue weighted by Gasteiger charge is 2.38. The topological polar surface area (TPSA) is 0 Å². The molecule has 0 aliphatic rings. The molecule has 0 N–H and O–H groups in total. The largest absolute Gasteiger partial charge is 0.417 e. The maximum absolute atomic E-state index is 13.1. The summed E-state index contributed by atoms with van der Waals surface area (Å²) in [6, 6.07) is 6.26. The van der Waals surface area contributed by atoms with Crippen LogP contribution in [0.3, 0.4) is 0 Å². The van der Waals surface area contributed by atoms with E-state index in [1.54, 1.807) is 19.1 Å². The fourth-order valence-electron chi connectivity index (χ4n) is 2.12. The van der Waals surface area contributed by atoms with Gasteiger partial charge in [0.15, 0.2) is 0 Å². The van der Waals surface area contributed by atoms with E-state index in [9.17, 15) is 26.3 Å². The number of aryl methyl sites for hydroxylation is 1. The van der Waals surface area contributed by atoms with Gasteiger partial charge in [-0.3, -0.25) is 0 Å². The zero-order valence-corrected chi connectivity index (χ0v) is 12.7. The van der Waals surface area contributed by atoms with Crippen molar-refractivity contribution >= 4 is 15.9 Å². The molecule has 0 amide bonds. The van der Waals surface area contributed by atoms with Gasteiger partial charge in [0.05, 0.1) is 11.1 Å². The lowest BCUT2D eigenvalue weighted by Gasteiger charge is -2.17. The second-order valence-corrected chi connectivity index (χ2v) is 5.63. The monoisotopic (exact) mass is 382 g/mol. The van der Waals surface area contributed by atoms with E-state index in [0.717, 1.165) is 6.07 Å². The van der Waals surface area contributed by atoms with Crippen LogP contribution in [0, 0.1) is 6.92 Å². The molecule has 2 aromatic carbocycles. The van der Waals surface area contributed by atoms with Crippen LogP contribution in [0.1, 0.15) is 16.7 Å². The second kappa shape index (κ2) is 5.61. The molecule has 0 atom stereocenters. The first-order chi connectivity index (χ1) is 10.00. The van der Waals surface area contributed by atoms with Crippen LogP contribution in [-0.4, -0.2) is 0 Å². The molecule has 2 rings (SSSR count). The zero-order chi connectivity index (χ0) is 16.7. The van der Waals surface area contributed by atoms with E-state index in [-0.39, 0.29) is 17.2 Å². The Kier molecular flexibility index (Phi) is 4.30. The molecule has 0 saturated carbocycles. The molecule has 0 spiro atoms. The molecule has 22 heavy (non-hydrogen) atoms. The van der Waals surface area contributed by atoms with Gasteiger partial charge in [-0.1, -0.05) is 28.1 Å². The van der Waals surface area contributed by atoms with Gasteiger partial charge >= 0.3 is 12.4 Å². The van der Waals surface area contributed by atoms with Crippen molar-refractivity contribution in [3.8, 4) is 11.1 Å². The van der Waals surface area contributed by atoms with Crippen LogP contribution in [-0.2, 0) is 12.4 Å².